The molecule has 0 bridgehead atoms. The molecule has 1 saturated heterocycles. The van der Waals surface area contributed by atoms with E-state index in [2.05, 4.69) is 11.4 Å². The van der Waals surface area contributed by atoms with E-state index in [0.29, 0.717) is 6.04 Å². The number of methoxy groups -OCH3 is 1. The predicted molar refractivity (Wildman–Crippen MR) is 62.6 cm³/mol. The summed E-state index contributed by atoms with van der Waals surface area (Å²) >= 11 is 6.22. The topological polar surface area (TPSA) is 21.3 Å². The van der Waals surface area contributed by atoms with E-state index in [1.165, 1.54) is 24.8 Å². The minimum absolute atomic E-state index is 0.414. The fourth-order valence-corrected chi connectivity index (χ4v) is 2.34. The molecule has 1 atom stereocenters. The van der Waals surface area contributed by atoms with E-state index in [0.717, 1.165) is 17.3 Å². The van der Waals surface area contributed by atoms with E-state index in [4.69, 9.17) is 16.3 Å². The highest BCUT2D eigenvalue weighted by molar-refractivity contribution is 6.31. The van der Waals surface area contributed by atoms with Crippen LogP contribution in [0.25, 0.3) is 0 Å². The number of benzene rings is 1. The van der Waals surface area contributed by atoms with E-state index < -0.39 is 0 Å². The number of nitrogens with one attached hydrogen (secondary N) is 1. The Balaban J connectivity index is 2.19. The van der Waals surface area contributed by atoms with Gasteiger partial charge in [-0.05, 0) is 37.1 Å². The summed E-state index contributed by atoms with van der Waals surface area (Å²) in [6, 6.07) is 6.33. The zero-order chi connectivity index (χ0) is 10.7. The minimum Gasteiger partial charge on any atom is -0.497 e. The summed E-state index contributed by atoms with van der Waals surface area (Å²) < 4.78 is 5.13. The average molecular weight is 226 g/mol. The Kier molecular flexibility index (Phi) is 3.49. The molecule has 1 aromatic carbocycles. The van der Waals surface area contributed by atoms with Crippen molar-refractivity contribution in [3.8, 4) is 5.75 Å². The predicted octanol–water partition coefficient (Wildman–Crippen LogP) is 3.16. The fraction of sp³-hybridized carbons (Fsp3) is 0.500. The Morgan fingerprint density at radius 1 is 1.40 bits per heavy atom. The first-order chi connectivity index (χ1) is 7.31. The molecule has 3 heteroatoms. The van der Waals surface area contributed by atoms with Crippen LogP contribution in [0.3, 0.4) is 0 Å². The van der Waals surface area contributed by atoms with Crippen molar-refractivity contribution in [2.24, 2.45) is 0 Å². The molecule has 2 nitrogen and oxygen atoms in total. The molecule has 0 aromatic heterocycles. The van der Waals surface area contributed by atoms with Gasteiger partial charge in [-0.25, -0.2) is 0 Å². The van der Waals surface area contributed by atoms with E-state index in [-0.39, 0.29) is 0 Å². The van der Waals surface area contributed by atoms with Crippen LogP contribution < -0.4 is 10.1 Å². The van der Waals surface area contributed by atoms with Crippen LogP contribution in [-0.4, -0.2) is 13.7 Å². The molecule has 0 amide bonds. The molecule has 1 aromatic rings. The summed E-state index contributed by atoms with van der Waals surface area (Å²) in [5.74, 6) is 0.819. The minimum atomic E-state index is 0.414. The number of halogens is 1. The maximum absolute atomic E-state index is 6.22. The molecule has 1 aliphatic rings. The SMILES string of the molecule is COc1ccc(C2CCCCN2)c(Cl)c1. The van der Waals surface area contributed by atoms with Gasteiger partial charge in [-0.1, -0.05) is 24.1 Å². The van der Waals surface area contributed by atoms with Crippen LogP contribution in [-0.2, 0) is 0 Å². The maximum atomic E-state index is 6.22. The van der Waals surface area contributed by atoms with Crippen molar-refractivity contribution in [3.05, 3.63) is 28.8 Å². The molecule has 1 aliphatic heterocycles. The zero-order valence-electron chi connectivity index (χ0n) is 8.92. The Bertz CT molecular complexity index is 334. The molecule has 0 radical (unpaired) electrons. The van der Waals surface area contributed by atoms with Crippen molar-refractivity contribution in [2.75, 3.05) is 13.7 Å². The summed E-state index contributed by atoms with van der Waals surface area (Å²) in [6.45, 7) is 1.09. The molecule has 0 aliphatic carbocycles. The van der Waals surface area contributed by atoms with Gasteiger partial charge < -0.3 is 10.1 Å². The Labute approximate surface area is 95.6 Å². The van der Waals surface area contributed by atoms with Gasteiger partial charge in [0.25, 0.3) is 0 Å². The molecular weight excluding hydrogens is 210 g/mol. The first-order valence-electron chi connectivity index (χ1n) is 5.38. The van der Waals surface area contributed by atoms with Gasteiger partial charge in [0.2, 0.25) is 0 Å². The van der Waals surface area contributed by atoms with Gasteiger partial charge in [-0.3, -0.25) is 0 Å². The lowest BCUT2D eigenvalue weighted by Crippen LogP contribution is -2.26. The first-order valence-corrected chi connectivity index (χ1v) is 5.76. The van der Waals surface area contributed by atoms with Crippen LogP contribution in [0.1, 0.15) is 30.9 Å². The maximum Gasteiger partial charge on any atom is 0.120 e. The van der Waals surface area contributed by atoms with Gasteiger partial charge in [0, 0.05) is 11.1 Å². The van der Waals surface area contributed by atoms with Gasteiger partial charge in [0.15, 0.2) is 0 Å². The fourth-order valence-electron chi connectivity index (χ4n) is 2.03. The van der Waals surface area contributed by atoms with Crippen molar-refractivity contribution in [1.82, 2.24) is 5.32 Å². The van der Waals surface area contributed by atoms with Crippen molar-refractivity contribution < 1.29 is 4.74 Å². The second kappa shape index (κ2) is 4.86. The van der Waals surface area contributed by atoms with Crippen molar-refractivity contribution in [3.63, 3.8) is 0 Å². The van der Waals surface area contributed by atoms with Gasteiger partial charge >= 0.3 is 0 Å². The molecule has 1 heterocycles. The normalized spacial score (nSPS) is 21.3. The molecular formula is C12H16ClNO. The summed E-state index contributed by atoms with van der Waals surface area (Å²) in [5.41, 5.74) is 1.19. The highest BCUT2D eigenvalue weighted by Crippen LogP contribution is 2.31. The zero-order valence-corrected chi connectivity index (χ0v) is 9.68. The number of rotatable bonds is 2. The van der Waals surface area contributed by atoms with Crippen LogP contribution in [0.15, 0.2) is 18.2 Å². The molecule has 15 heavy (non-hydrogen) atoms. The van der Waals surface area contributed by atoms with Gasteiger partial charge in [0.05, 0.1) is 7.11 Å². The van der Waals surface area contributed by atoms with Crippen LogP contribution in [0, 0.1) is 0 Å². The molecule has 1 fully saturated rings. The summed E-state index contributed by atoms with van der Waals surface area (Å²) in [7, 11) is 1.66. The smallest absolute Gasteiger partial charge is 0.120 e. The standard InChI is InChI=1S/C12H16ClNO/c1-15-9-5-6-10(11(13)8-9)12-4-2-3-7-14-12/h5-6,8,12,14H,2-4,7H2,1H3. The number of hydrogen-bond acceptors (Lipinski definition) is 2. The second-order valence-corrected chi connectivity index (χ2v) is 4.30. The van der Waals surface area contributed by atoms with E-state index in [1.54, 1.807) is 7.11 Å². The summed E-state index contributed by atoms with van der Waals surface area (Å²) in [6.07, 6.45) is 3.72. The van der Waals surface area contributed by atoms with Crippen LogP contribution in [0.2, 0.25) is 5.02 Å². The molecule has 0 spiro atoms. The Morgan fingerprint density at radius 3 is 2.87 bits per heavy atom. The molecule has 1 unspecified atom stereocenters. The third-order valence-electron chi connectivity index (χ3n) is 2.89. The third-order valence-corrected chi connectivity index (χ3v) is 3.22. The lowest BCUT2D eigenvalue weighted by atomic mass is 9.97. The lowest BCUT2D eigenvalue weighted by molar-refractivity contribution is 0.406. The van der Waals surface area contributed by atoms with Crippen LogP contribution in [0.4, 0.5) is 0 Å². The first kappa shape index (κ1) is 10.8. The van der Waals surface area contributed by atoms with Crippen molar-refractivity contribution >= 4 is 11.6 Å². The summed E-state index contributed by atoms with van der Waals surface area (Å²) in [4.78, 5) is 0. The van der Waals surface area contributed by atoms with Crippen molar-refractivity contribution in [2.45, 2.75) is 25.3 Å². The van der Waals surface area contributed by atoms with E-state index in [1.807, 2.05) is 12.1 Å². The van der Waals surface area contributed by atoms with Gasteiger partial charge in [0.1, 0.15) is 5.75 Å². The lowest BCUT2D eigenvalue weighted by Gasteiger charge is -2.24. The average Bonchev–Trinajstić information content (AvgIpc) is 2.30. The largest absolute Gasteiger partial charge is 0.497 e. The highest BCUT2D eigenvalue weighted by atomic mass is 35.5. The molecule has 82 valence electrons. The van der Waals surface area contributed by atoms with E-state index in [9.17, 15) is 0 Å². The molecule has 2 rings (SSSR count). The Hall–Kier alpha value is -0.730. The number of ether oxygens (including phenoxy) is 1. The third kappa shape index (κ3) is 2.44. The highest BCUT2D eigenvalue weighted by Gasteiger charge is 2.17. The quantitative estimate of drug-likeness (QED) is 0.835. The van der Waals surface area contributed by atoms with Gasteiger partial charge in [-0.15, -0.1) is 0 Å². The molecule has 1 N–H and O–H groups in total. The number of hydrogen-bond donors (Lipinski definition) is 1. The van der Waals surface area contributed by atoms with Crippen LogP contribution >= 0.6 is 11.6 Å². The molecule has 0 saturated carbocycles. The Morgan fingerprint density at radius 2 is 2.27 bits per heavy atom. The van der Waals surface area contributed by atoms with Gasteiger partial charge in [-0.2, -0.15) is 0 Å². The second-order valence-electron chi connectivity index (χ2n) is 3.89. The van der Waals surface area contributed by atoms with Crippen LogP contribution in [0.5, 0.6) is 5.75 Å². The number of piperidine rings is 1. The monoisotopic (exact) mass is 225 g/mol. The van der Waals surface area contributed by atoms with Crippen molar-refractivity contribution in [1.29, 1.82) is 0 Å². The van der Waals surface area contributed by atoms with E-state index >= 15 is 0 Å². The summed E-state index contributed by atoms with van der Waals surface area (Å²) in [5, 5.41) is 4.29.